The number of halogens is 3. The number of alkyl halides is 3. The lowest BCUT2D eigenvalue weighted by molar-refractivity contribution is -0.141. The van der Waals surface area contributed by atoms with Gasteiger partial charge in [0.25, 0.3) is 11.1 Å². The van der Waals surface area contributed by atoms with Gasteiger partial charge in [0.05, 0.1) is 6.33 Å². The van der Waals surface area contributed by atoms with Gasteiger partial charge < -0.3 is 9.88 Å². The van der Waals surface area contributed by atoms with Crippen molar-refractivity contribution in [1.82, 2.24) is 19.5 Å². The number of nitrogens with one attached hydrogen (secondary N) is 1. The van der Waals surface area contributed by atoms with Crippen molar-refractivity contribution in [2.24, 2.45) is 5.92 Å². The fourth-order valence-corrected chi connectivity index (χ4v) is 2.89. The predicted octanol–water partition coefficient (Wildman–Crippen LogP) is 1.26. The molecule has 1 aliphatic rings. The van der Waals surface area contributed by atoms with Gasteiger partial charge >= 0.3 is 6.18 Å². The Hall–Kier alpha value is -2.65. The zero-order valence-electron chi connectivity index (χ0n) is 13.2. The van der Waals surface area contributed by atoms with Gasteiger partial charge in [0.2, 0.25) is 0 Å². The average molecular weight is 355 g/mol. The molecule has 25 heavy (non-hydrogen) atoms. The minimum Gasteiger partial charge on any atom is -0.352 e. The van der Waals surface area contributed by atoms with Crippen molar-refractivity contribution < 1.29 is 13.2 Å². The number of anilines is 1. The summed E-state index contributed by atoms with van der Waals surface area (Å²) in [5.41, 5.74) is -2.16. The highest BCUT2D eigenvalue weighted by Gasteiger charge is 2.33. The maximum atomic E-state index is 12.5. The molecule has 3 rings (SSSR count). The van der Waals surface area contributed by atoms with E-state index in [0.717, 1.165) is 6.33 Å². The van der Waals surface area contributed by atoms with Crippen molar-refractivity contribution in [3.05, 3.63) is 51.2 Å². The highest BCUT2D eigenvalue weighted by molar-refractivity contribution is 5.35. The van der Waals surface area contributed by atoms with Crippen LogP contribution in [0, 0.1) is 5.92 Å². The van der Waals surface area contributed by atoms with Crippen molar-refractivity contribution in [3.8, 4) is 0 Å². The van der Waals surface area contributed by atoms with Crippen LogP contribution in [0.4, 0.5) is 19.0 Å². The van der Waals surface area contributed by atoms with E-state index < -0.39 is 17.4 Å². The summed E-state index contributed by atoms with van der Waals surface area (Å²) in [5, 5.41) is 0. The van der Waals surface area contributed by atoms with Gasteiger partial charge in [-0.1, -0.05) is 0 Å². The number of piperidine rings is 1. The maximum Gasteiger partial charge on any atom is 0.433 e. The van der Waals surface area contributed by atoms with Crippen LogP contribution in [0.15, 0.2) is 34.4 Å². The SMILES string of the molecule is O=c1[nH]ccnc1N1CCC(Cn2cnc(C(F)(F)F)cc2=O)CC1. The Balaban J connectivity index is 1.64. The fraction of sp³-hybridized carbons (Fsp3) is 0.467. The third-order valence-corrected chi connectivity index (χ3v) is 4.23. The van der Waals surface area contributed by atoms with Crippen LogP contribution in [-0.4, -0.2) is 32.6 Å². The molecule has 134 valence electrons. The van der Waals surface area contributed by atoms with E-state index in [0.29, 0.717) is 44.4 Å². The lowest BCUT2D eigenvalue weighted by Gasteiger charge is -2.32. The van der Waals surface area contributed by atoms with Gasteiger partial charge in [-0.25, -0.2) is 9.97 Å². The molecule has 3 heterocycles. The summed E-state index contributed by atoms with van der Waals surface area (Å²) in [4.78, 5) is 35.4. The highest BCUT2D eigenvalue weighted by Crippen LogP contribution is 2.26. The second kappa shape index (κ2) is 6.69. The smallest absolute Gasteiger partial charge is 0.352 e. The van der Waals surface area contributed by atoms with Gasteiger partial charge in [0.1, 0.15) is 0 Å². The molecule has 10 heteroatoms. The zero-order chi connectivity index (χ0) is 18.0. The molecule has 0 radical (unpaired) electrons. The summed E-state index contributed by atoms with van der Waals surface area (Å²) >= 11 is 0. The number of hydrogen-bond acceptors (Lipinski definition) is 5. The van der Waals surface area contributed by atoms with Crippen LogP contribution in [0.2, 0.25) is 0 Å². The van der Waals surface area contributed by atoms with Crippen molar-refractivity contribution in [2.45, 2.75) is 25.6 Å². The topological polar surface area (TPSA) is 83.9 Å². The van der Waals surface area contributed by atoms with Gasteiger partial charge in [-0.3, -0.25) is 14.2 Å². The van der Waals surface area contributed by atoms with Crippen molar-refractivity contribution in [1.29, 1.82) is 0 Å². The van der Waals surface area contributed by atoms with E-state index in [9.17, 15) is 22.8 Å². The van der Waals surface area contributed by atoms with Crippen LogP contribution in [0.5, 0.6) is 0 Å². The maximum absolute atomic E-state index is 12.5. The van der Waals surface area contributed by atoms with E-state index in [4.69, 9.17) is 0 Å². The molecule has 0 atom stereocenters. The second-order valence-corrected chi connectivity index (χ2v) is 5.93. The first-order valence-electron chi connectivity index (χ1n) is 7.77. The summed E-state index contributed by atoms with van der Waals surface area (Å²) in [7, 11) is 0. The van der Waals surface area contributed by atoms with E-state index in [2.05, 4.69) is 15.0 Å². The summed E-state index contributed by atoms with van der Waals surface area (Å²) in [6.07, 6.45) is 0.687. The first-order chi connectivity index (χ1) is 11.8. The number of nitrogens with zero attached hydrogens (tertiary/aromatic N) is 4. The highest BCUT2D eigenvalue weighted by atomic mass is 19.4. The van der Waals surface area contributed by atoms with Gasteiger partial charge in [0.15, 0.2) is 11.5 Å². The summed E-state index contributed by atoms with van der Waals surface area (Å²) in [5.74, 6) is 0.476. The van der Waals surface area contributed by atoms with Gasteiger partial charge in [-0.2, -0.15) is 13.2 Å². The van der Waals surface area contributed by atoms with Gasteiger partial charge in [-0.15, -0.1) is 0 Å². The van der Waals surface area contributed by atoms with Crippen LogP contribution in [0.25, 0.3) is 0 Å². The number of rotatable bonds is 3. The second-order valence-electron chi connectivity index (χ2n) is 5.93. The Morgan fingerprint density at radius 2 is 1.92 bits per heavy atom. The molecule has 7 nitrogen and oxygen atoms in total. The molecule has 0 amide bonds. The molecular weight excluding hydrogens is 339 g/mol. The molecule has 0 aliphatic carbocycles. The first kappa shape index (κ1) is 17.2. The standard InChI is InChI=1S/C15H16F3N5O2/c16-15(17,18)11-7-12(24)23(9-21-11)8-10-1-5-22(6-2-10)13-14(25)20-4-3-19-13/h3-4,7,9-10H,1-2,5-6,8H2,(H,20,25). The van der Waals surface area contributed by atoms with Crippen LogP contribution < -0.4 is 16.0 Å². The van der Waals surface area contributed by atoms with E-state index in [1.54, 1.807) is 0 Å². The van der Waals surface area contributed by atoms with Gasteiger partial charge in [0, 0.05) is 38.1 Å². The lowest BCUT2D eigenvalue weighted by Crippen LogP contribution is -2.39. The monoisotopic (exact) mass is 355 g/mol. The zero-order valence-corrected chi connectivity index (χ0v) is 13.2. The summed E-state index contributed by atoms with van der Waals surface area (Å²) in [6.45, 7) is 1.48. The molecule has 0 spiro atoms. The molecule has 0 aromatic carbocycles. The van der Waals surface area contributed by atoms with E-state index >= 15 is 0 Å². The quantitative estimate of drug-likeness (QED) is 0.896. The minimum atomic E-state index is -4.63. The van der Waals surface area contributed by atoms with E-state index in [1.165, 1.54) is 17.0 Å². The third kappa shape index (κ3) is 3.89. The van der Waals surface area contributed by atoms with Crippen LogP contribution >= 0.6 is 0 Å². The number of aromatic nitrogens is 4. The van der Waals surface area contributed by atoms with Crippen molar-refractivity contribution in [2.75, 3.05) is 18.0 Å². The minimum absolute atomic E-state index is 0.121. The molecule has 2 aromatic rings. The van der Waals surface area contributed by atoms with Crippen molar-refractivity contribution >= 4 is 5.82 Å². The predicted molar refractivity (Wildman–Crippen MR) is 83.3 cm³/mol. The van der Waals surface area contributed by atoms with Crippen LogP contribution in [0.3, 0.4) is 0 Å². The molecule has 1 N–H and O–H groups in total. The molecular formula is C15H16F3N5O2. The van der Waals surface area contributed by atoms with E-state index in [1.807, 2.05) is 4.90 Å². The Bertz CT molecular complexity index is 853. The molecule has 1 saturated heterocycles. The average Bonchev–Trinajstić information content (AvgIpc) is 2.57. The Morgan fingerprint density at radius 3 is 2.52 bits per heavy atom. The summed E-state index contributed by atoms with van der Waals surface area (Å²) < 4.78 is 38.8. The van der Waals surface area contributed by atoms with Crippen molar-refractivity contribution in [3.63, 3.8) is 0 Å². The Labute approximate surface area is 140 Å². The molecule has 0 unspecified atom stereocenters. The molecule has 0 saturated carbocycles. The normalized spacial score (nSPS) is 16.2. The van der Waals surface area contributed by atoms with Crippen LogP contribution in [0.1, 0.15) is 18.5 Å². The Kier molecular flexibility index (Phi) is 4.60. The Morgan fingerprint density at radius 1 is 1.20 bits per heavy atom. The van der Waals surface area contributed by atoms with E-state index in [-0.39, 0.29) is 11.5 Å². The molecule has 1 aliphatic heterocycles. The molecule has 0 bridgehead atoms. The number of aromatic amines is 1. The van der Waals surface area contributed by atoms with Gasteiger partial charge in [-0.05, 0) is 18.8 Å². The third-order valence-electron chi connectivity index (χ3n) is 4.23. The largest absolute Gasteiger partial charge is 0.433 e. The lowest BCUT2D eigenvalue weighted by atomic mass is 9.96. The molecule has 1 fully saturated rings. The molecule has 2 aromatic heterocycles. The fourth-order valence-electron chi connectivity index (χ4n) is 2.89. The van der Waals surface area contributed by atoms with Crippen LogP contribution in [-0.2, 0) is 12.7 Å². The number of H-pyrrole nitrogens is 1. The number of hydrogen-bond donors (Lipinski definition) is 1. The summed E-state index contributed by atoms with van der Waals surface area (Å²) in [6, 6.07) is 0.516. The first-order valence-corrected chi connectivity index (χ1v) is 7.77.